The minimum atomic E-state index is 0.590. The number of nitrogens with zero attached hydrogens (tertiary/aromatic N) is 1. The van der Waals surface area contributed by atoms with Gasteiger partial charge in [0.15, 0.2) is 0 Å². The van der Waals surface area contributed by atoms with Gasteiger partial charge in [0, 0.05) is 46.8 Å². The quantitative estimate of drug-likeness (QED) is 0.792. The van der Waals surface area contributed by atoms with E-state index in [9.17, 15) is 0 Å². The van der Waals surface area contributed by atoms with Crippen LogP contribution in [0.25, 0.3) is 10.9 Å². The summed E-state index contributed by atoms with van der Waals surface area (Å²) in [5.41, 5.74) is 9.93. The standard InChI is InChI=1S/C18H18N2S/c19-9-13-10-20(17-7-3-1-5-15(13)17)11-14-12-21-18-8-4-2-6-16(14)18/h1-8,10,14H,9,11-12,19H2. The Balaban J connectivity index is 1.73. The molecular weight excluding hydrogens is 276 g/mol. The van der Waals surface area contributed by atoms with Crippen LogP contribution in [-0.4, -0.2) is 10.3 Å². The first-order chi connectivity index (χ1) is 10.4. The van der Waals surface area contributed by atoms with Crippen molar-refractivity contribution in [1.82, 2.24) is 4.57 Å². The second kappa shape index (κ2) is 5.24. The van der Waals surface area contributed by atoms with E-state index in [4.69, 9.17) is 5.73 Å². The first-order valence-electron chi connectivity index (χ1n) is 7.35. The monoisotopic (exact) mass is 294 g/mol. The summed E-state index contributed by atoms with van der Waals surface area (Å²) in [6.45, 7) is 1.63. The molecule has 1 aliphatic heterocycles. The normalized spacial score (nSPS) is 17.3. The van der Waals surface area contributed by atoms with E-state index in [-0.39, 0.29) is 0 Å². The second-order valence-electron chi connectivity index (χ2n) is 5.57. The maximum absolute atomic E-state index is 5.90. The Bertz CT molecular complexity index is 791. The predicted molar refractivity (Wildman–Crippen MR) is 89.7 cm³/mol. The van der Waals surface area contributed by atoms with Gasteiger partial charge in [0.05, 0.1) is 0 Å². The topological polar surface area (TPSA) is 30.9 Å². The molecule has 0 spiro atoms. The summed E-state index contributed by atoms with van der Waals surface area (Å²) < 4.78 is 2.38. The summed E-state index contributed by atoms with van der Waals surface area (Å²) in [5, 5.41) is 1.29. The van der Waals surface area contributed by atoms with Crippen LogP contribution in [0.4, 0.5) is 0 Å². The molecule has 0 bridgehead atoms. The fourth-order valence-corrected chi connectivity index (χ4v) is 4.50. The van der Waals surface area contributed by atoms with Crippen LogP contribution < -0.4 is 5.73 Å². The maximum atomic E-state index is 5.90. The van der Waals surface area contributed by atoms with E-state index in [1.165, 1.54) is 32.7 Å². The lowest BCUT2D eigenvalue weighted by molar-refractivity contribution is 0.621. The van der Waals surface area contributed by atoms with E-state index in [1.807, 2.05) is 11.8 Å². The molecule has 106 valence electrons. The molecule has 3 heteroatoms. The molecule has 2 aromatic carbocycles. The van der Waals surface area contributed by atoms with Crippen molar-refractivity contribution in [2.75, 3.05) is 5.75 Å². The van der Waals surface area contributed by atoms with Gasteiger partial charge in [-0.1, -0.05) is 36.4 Å². The molecule has 21 heavy (non-hydrogen) atoms. The molecule has 4 rings (SSSR count). The Hall–Kier alpha value is -1.71. The summed E-state index contributed by atoms with van der Waals surface area (Å²) in [6.07, 6.45) is 2.23. The van der Waals surface area contributed by atoms with Gasteiger partial charge in [-0.15, -0.1) is 11.8 Å². The lowest BCUT2D eigenvalue weighted by atomic mass is 10.0. The number of hydrogen-bond acceptors (Lipinski definition) is 2. The van der Waals surface area contributed by atoms with Crippen molar-refractivity contribution in [3.63, 3.8) is 0 Å². The number of nitrogens with two attached hydrogens (primary N) is 1. The number of para-hydroxylation sites is 1. The molecule has 1 atom stereocenters. The van der Waals surface area contributed by atoms with Crippen LogP contribution in [0, 0.1) is 0 Å². The Kier molecular flexibility index (Phi) is 3.24. The fraction of sp³-hybridized carbons (Fsp3) is 0.222. The molecule has 0 radical (unpaired) electrons. The largest absolute Gasteiger partial charge is 0.346 e. The van der Waals surface area contributed by atoms with E-state index in [0.29, 0.717) is 12.5 Å². The van der Waals surface area contributed by atoms with Crippen LogP contribution in [0.3, 0.4) is 0 Å². The third-order valence-electron chi connectivity index (χ3n) is 4.31. The van der Waals surface area contributed by atoms with E-state index in [2.05, 4.69) is 59.3 Å². The summed E-state index contributed by atoms with van der Waals surface area (Å²) in [6, 6.07) is 17.4. The molecule has 2 N–H and O–H groups in total. The minimum absolute atomic E-state index is 0.590. The van der Waals surface area contributed by atoms with Crippen molar-refractivity contribution >= 4 is 22.7 Å². The number of rotatable bonds is 3. The zero-order valence-corrected chi connectivity index (χ0v) is 12.6. The van der Waals surface area contributed by atoms with Crippen molar-refractivity contribution in [2.45, 2.75) is 23.9 Å². The molecule has 2 nitrogen and oxygen atoms in total. The first kappa shape index (κ1) is 13.0. The van der Waals surface area contributed by atoms with Crippen LogP contribution in [-0.2, 0) is 13.1 Å². The molecule has 2 heterocycles. The molecule has 3 aromatic rings. The molecule has 0 amide bonds. The second-order valence-corrected chi connectivity index (χ2v) is 6.64. The third-order valence-corrected chi connectivity index (χ3v) is 5.56. The third kappa shape index (κ3) is 2.17. The molecule has 0 saturated heterocycles. The van der Waals surface area contributed by atoms with Gasteiger partial charge in [-0.25, -0.2) is 0 Å². The van der Waals surface area contributed by atoms with Crippen molar-refractivity contribution in [3.05, 3.63) is 65.9 Å². The summed E-state index contributed by atoms with van der Waals surface area (Å²) in [4.78, 5) is 1.44. The van der Waals surface area contributed by atoms with Crippen molar-refractivity contribution in [2.24, 2.45) is 5.73 Å². The SMILES string of the molecule is NCc1cn(CC2CSc3ccccc32)c2ccccc12. The summed E-state index contributed by atoms with van der Waals surface area (Å²) >= 11 is 1.98. The molecule has 1 aromatic heterocycles. The van der Waals surface area contributed by atoms with E-state index < -0.39 is 0 Å². The number of thioether (sulfide) groups is 1. The molecule has 1 unspecified atom stereocenters. The lowest BCUT2D eigenvalue weighted by Gasteiger charge is -2.13. The summed E-state index contributed by atoms with van der Waals surface area (Å²) in [5.74, 6) is 1.76. The van der Waals surface area contributed by atoms with E-state index in [0.717, 1.165) is 6.54 Å². The summed E-state index contributed by atoms with van der Waals surface area (Å²) in [7, 11) is 0. The van der Waals surface area contributed by atoms with Crippen LogP contribution in [0.5, 0.6) is 0 Å². The van der Waals surface area contributed by atoms with Gasteiger partial charge in [-0.05, 0) is 23.3 Å². The Morgan fingerprint density at radius 2 is 1.90 bits per heavy atom. The van der Waals surface area contributed by atoms with Crippen molar-refractivity contribution in [3.8, 4) is 0 Å². The molecule has 0 fully saturated rings. The van der Waals surface area contributed by atoms with Gasteiger partial charge in [0.1, 0.15) is 0 Å². The number of fused-ring (bicyclic) bond motifs is 2. The maximum Gasteiger partial charge on any atom is 0.0483 e. The molecule has 0 aliphatic carbocycles. The van der Waals surface area contributed by atoms with E-state index >= 15 is 0 Å². The van der Waals surface area contributed by atoms with E-state index in [1.54, 1.807) is 0 Å². The van der Waals surface area contributed by atoms with Gasteiger partial charge in [-0.2, -0.15) is 0 Å². The van der Waals surface area contributed by atoms with Gasteiger partial charge in [0.25, 0.3) is 0 Å². The highest BCUT2D eigenvalue weighted by Crippen LogP contribution is 2.40. The highest BCUT2D eigenvalue weighted by Gasteiger charge is 2.23. The number of aromatic nitrogens is 1. The Morgan fingerprint density at radius 3 is 2.81 bits per heavy atom. The highest BCUT2D eigenvalue weighted by atomic mass is 32.2. The van der Waals surface area contributed by atoms with Crippen LogP contribution in [0.1, 0.15) is 17.0 Å². The average molecular weight is 294 g/mol. The zero-order chi connectivity index (χ0) is 14.2. The first-order valence-corrected chi connectivity index (χ1v) is 8.34. The van der Waals surface area contributed by atoms with Crippen molar-refractivity contribution < 1.29 is 0 Å². The van der Waals surface area contributed by atoms with Crippen LogP contribution in [0.2, 0.25) is 0 Å². The van der Waals surface area contributed by atoms with Gasteiger partial charge in [0.2, 0.25) is 0 Å². The Morgan fingerprint density at radius 1 is 1.10 bits per heavy atom. The number of hydrogen-bond donors (Lipinski definition) is 1. The smallest absolute Gasteiger partial charge is 0.0483 e. The minimum Gasteiger partial charge on any atom is -0.346 e. The van der Waals surface area contributed by atoms with Crippen LogP contribution in [0.15, 0.2) is 59.6 Å². The lowest BCUT2D eigenvalue weighted by Crippen LogP contribution is -2.08. The number of benzene rings is 2. The average Bonchev–Trinajstić information content (AvgIpc) is 3.10. The molecular formula is C18H18N2S. The van der Waals surface area contributed by atoms with Gasteiger partial charge >= 0.3 is 0 Å². The zero-order valence-electron chi connectivity index (χ0n) is 11.8. The molecule has 1 aliphatic rings. The van der Waals surface area contributed by atoms with Crippen LogP contribution >= 0.6 is 11.8 Å². The predicted octanol–water partition coefficient (Wildman–Crippen LogP) is 3.99. The fourth-order valence-electron chi connectivity index (χ4n) is 3.25. The van der Waals surface area contributed by atoms with Crippen molar-refractivity contribution in [1.29, 1.82) is 0 Å². The Labute approximate surface area is 129 Å². The van der Waals surface area contributed by atoms with Gasteiger partial charge in [-0.3, -0.25) is 0 Å². The highest BCUT2D eigenvalue weighted by molar-refractivity contribution is 7.99. The molecule has 0 saturated carbocycles. The van der Waals surface area contributed by atoms with Gasteiger partial charge < -0.3 is 10.3 Å².